The quantitative estimate of drug-likeness (QED) is 0.320. The largest absolute Gasteiger partial charge is 0.465 e. The Kier molecular flexibility index (Phi) is 6.74. The first-order chi connectivity index (χ1) is 17.1. The number of aryl methyl sites for hydroxylation is 1. The van der Waals surface area contributed by atoms with Gasteiger partial charge in [-0.2, -0.15) is 13.2 Å². The Morgan fingerprint density at radius 1 is 0.972 bits per heavy atom. The Labute approximate surface area is 205 Å². The molecule has 1 aromatic heterocycles. The number of esters is 1. The van der Waals surface area contributed by atoms with Crippen LogP contribution in [0.2, 0.25) is 0 Å². The van der Waals surface area contributed by atoms with E-state index < -0.39 is 17.7 Å². The summed E-state index contributed by atoms with van der Waals surface area (Å²) in [7, 11) is 3.09. The number of hydrogen-bond donors (Lipinski definition) is 1. The molecule has 0 bridgehead atoms. The van der Waals surface area contributed by atoms with Gasteiger partial charge in [0.15, 0.2) is 0 Å². The molecule has 1 N–H and O–H groups in total. The zero-order valence-electron chi connectivity index (χ0n) is 19.7. The first-order valence-corrected chi connectivity index (χ1v) is 11.0. The summed E-state index contributed by atoms with van der Waals surface area (Å²) in [6.07, 6.45) is -2.77. The summed E-state index contributed by atoms with van der Waals surface area (Å²) in [6, 6.07) is 15.9. The maximum atomic E-state index is 13.3. The molecule has 1 unspecified atom stereocenters. The number of carbonyl (C=O) groups excluding carboxylic acids is 2. The highest BCUT2D eigenvalue weighted by Gasteiger charge is 2.30. The Morgan fingerprint density at radius 3 is 2.25 bits per heavy atom. The van der Waals surface area contributed by atoms with Crippen molar-refractivity contribution in [1.82, 2.24) is 9.88 Å². The van der Waals surface area contributed by atoms with Crippen molar-refractivity contribution in [2.75, 3.05) is 7.11 Å². The highest BCUT2D eigenvalue weighted by molar-refractivity contribution is 6.09. The molecule has 1 amide bonds. The van der Waals surface area contributed by atoms with E-state index in [1.807, 2.05) is 13.0 Å². The molecule has 0 fully saturated rings. The van der Waals surface area contributed by atoms with Crippen LogP contribution in [0.15, 0.2) is 72.9 Å². The standard InChI is InChI=1S/C27H23F3N2O4/c1-16(17-7-9-18(10-8-17)26(34)35-3)31-25(33)21-15-32(2)22-5-4-6-23(24(21)22)36-20-13-11-19(12-14-20)27(28,29)30/h4-16H,1-3H3,(H,31,33). The molecule has 4 rings (SSSR count). The van der Waals surface area contributed by atoms with Crippen LogP contribution in [0.25, 0.3) is 10.9 Å². The average molecular weight is 496 g/mol. The predicted molar refractivity (Wildman–Crippen MR) is 128 cm³/mol. The van der Waals surface area contributed by atoms with Gasteiger partial charge in [-0.25, -0.2) is 4.79 Å². The lowest BCUT2D eigenvalue weighted by molar-refractivity contribution is -0.137. The maximum Gasteiger partial charge on any atom is 0.416 e. The molecular formula is C27H23F3N2O4. The van der Waals surface area contributed by atoms with Gasteiger partial charge in [0.1, 0.15) is 11.5 Å². The van der Waals surface area contributed by atoms with E-state index in [1.54, 1.807) is 54.2 Å². The molecule has 186 valence electrons. The number of methoxy groups -OCH3 is 1. The zero-order chi connectivity index (χ0) is 26.0. The van der Waals surface area contributed by atoms with Crippen LogP contribution in [0.3, 0.4) is 0 Å². The molecule has 0 aliphatic carbocycles. The lowest BCUT2D eigenvalue weighted by Gasteiger charge is -2.15. The van der Waals surface area contributed by atoms with Crippen LogP contribution in [0.5, 0.6) is 11.5 Å². The van der Waals surface area contributed by atoms with Gasteiger partial charge in [0.2, 0.25) is 0 Å². The van der Waals surface area contributed by atoms with Gasteiger partial charge in [0, 0.05) is 13.2 Å². The number of hydrogen-bond acceptors (Lipinski definition) is 4. The Bertz CT molecular complexity index is 1410. The van der Waals surface area contributed by atoms with Crippen LogP contribution < -0.4 is 10.1 Å². The molecule has 36 heavy (non-hydrogen) atoms. The lowest BCUT2D eigenvalue weighted by atomic mass is 10.1. The molecule has 0 aliphatic rings. The second-order valence-corrected chi connectivity index (χ2v) is 8.24. The van der Waals surface area contributed by atoms with Crippen LogP contribution in [-0.4, -0.2) is 23.6 Å². The molecule has 0 saturated carbocycles. The number of halogens is 3. The van der Waals surface area contributed by atoms with E-state index in [-0.39, 0.29) is 17.7 Å². The molecule has 0 aliphatic heterocycles. The number of nitrogens with one attached hydrogen (secondary N) is 1. The van der Waals surface area contributed by atoms with Crippen molar-refractivity contribution < 1.29 is 32.2 Å². The first-order valence-electron chi connectivity index (χ1n) is 11.0. The molecule has 0 saturated heterocycles. The Morgan fingerprint density at radius 2 is 1.64 bits per heavy atom. The number of nitrogens with zero attached hydrogens (tertiary/aromatic N) is 1. The molecule has 3 aromatic carbocycles. The number of aromatic nitrogens is 1. The van der Waals surface area contributed by atoms with E-state index in [9.17, 15) is 22.8 Å². The van der Waals surface area contributed by atoms with Crippen LogP contribution in [-0.2, 0) is 18.0 Å². The van der Waals surface area contributed by atoms with Gasteiger partial charge in [-0.05, 0) is 61.0 Å². The van der Waals surface area contributed by atoms with Crippen LogP contribution >= 0.6 is 0 Å². The van der Waals surface area contributed by atoms with Crippen LogP contribution in [0.1, 0.15) is 44.8 Å². The number of fused-ring (bicyclic) bond motifs is 1. The van der Waals surface area contributed by atoms with E-state index in [1.165, 1.54) is 19.2 Å². The maximum absolute atomic E-state index is 13.3. The molecule has 0 spiro atoms. The van der Waals surface area contributed by atoms with Gasteiger partial charge < -0.3 is 19.4 Å². The van der Waals surface area contributed by atoms with Crippen molar-refractivity contribution in [1.29, 1.82) is 0 Å². The fraction of sp³-hybridized carbons (Fsp3) is 0.185. The normalized spacial score (nSPS) is 12.3. The lowest BCUT2D eigenvalue weighted by Crippen LogP contribution is -2.26. The van der Waals surface area contributed by atoms with E-state index in [2.05, 4.69) is 5.32 Å². The van der Waals surface area contributed by atoms with Gasteiger partial charge in [0.25, 0.3) is 5.91 Å². The highest BCUT2D eigenvalue weighted by Crippen LogP contribution is 2.35. The second kappa shape index (κ2) is 9.77. The Balaban J connectivity index is 1.60. The smallest absolute Gasteiger partial charge is 0.416 e. The monoisotopic (exact) mass is 496 g/mol. The fourth-order valence-corrected chi connectivity index (χ4v) is 3.89. The molecule has 1 atom stereocenters. The first kappa shape index (κ1) is 24.8. The summed E-state index contributed by atoms with van der Waals surface area (Å²) >= 11 is 0. The third-order valence-corrected chi connectivity index (χ3v) is 5.81. The van der Waals surface area contributed by atoms with E-state index in [0.717, 1.165) is 23.2 Å². The summed E-state index contributed by atoms with van der Waals surface area (Å²) in [6.45, 7) is 1.82. The van der Waals surface area contributed by atoms with Crippen LogP contribution in [0, 0.1) is 0 Å². The van der Waals surface area contributed by atoms with Gasteiger partial charge in [-0.1, -0.05) is 18.2 Å². The average Bonchev–Trinajstić information content (AvgIpc) is 3.21. The summed E-state index contributed by atoms with van der Waals surface area (Å²) in [5.41, 5.74) is 1.49. The number of carbonyl (C=O) groups is 2. The second-order valence-electron chi connectivity index (χ2n) is 8.24. The molecular weight excluding hydrogens is 473 g/mol. The third kappa shape index (κ3) is 5.05. The number of amides is 1. The van der Waals surface area contributed by atoms with Gasteiger partial charge in [0.05, 0.1) is 40.7 Å². The van der Waals surface area contributed by atoms with Gasteiger partial charge in [-0.3, -0.25) is 4.79 Å². The SMILES string of the molecule is COC(=O)c1ccc(C(C)NC(=O)c2cn(C)c3cccc(Oc4ccc(C(F)(F)F)cc4)c23)cc1. The third-order valence-electron chi connectivity index (χ3n) is 5.81. The summed E-state index contributed by atoms with van der Waals surface area (Å²) in [5, 5.41) is 3.48. The molecule has 6 nitrogen and oxygen atoms in total. The molecule has 0 radical (unpaired) electrons. The molecule has 4 aromatic rings. The summed E-state index contributed by atoms with van der Waals surface area (Å²) in [5.74, 6) is -0.249. The number of benzene rings is 3. The summed E-state index contributed by atoms with van der Waals surface area (Å²) < 4.78 is 51.0. The zero-order valence-corrected chi connectivity index (χ0v) is 19.7. The minimum atomic E-state index is -4.44. The van der Waals surface area contributed by atoms with Crippen molar-refractivity contribution in [3.8, 4) is 11.5 Å². The van der Waals surface area contributed by atoms with E-state index >= 15 is 0 Å². The van der Waals surface area contributed by atoms with Crippen molar-refractivity contribution in [2.45, 2.75) is 19.1 Å². The van der Waals surface area contributed by atoms with Crippen LogP contribution in [0.4, 0.5) is 13.2 Å². The number of ether oxygens (including phenoxy) is 2. The highest BCUT2D eigenvalue weighted by atomic mass is 19.4. The number of rotatable bonds is 6. The number of alkyl halides is 3. The molecule has 9 heteroatoms. The van der Waals surface area contributed by atoms with Crippen molar-refractivity contribution in [3.05, 3.63) is 95.2 Å². The minimum absolute atomic E-state index is 0.213. The topological polar surface area (TPSA) is 69.6 Å². The summed E-state index contributed by atoms with van der Waals surface area (Å²) in [4.78, 5) is 24.9. The van der Waals surface area contributed by atoms with Crippen molar-refractivity contribution in [3.63, 3.8) is 0 Å². The fourth-order valence-electron chi connectivity index (χ4n) is 3.89. The van der Waals surface area contributed by atoms with E-state index in [4.69, 9.17) is 9.47 Å². The Hall–Kier alpha value is -4.27. The van der Waals surface area contributed by atoms with Crippen molar-refractivity contribution >= 4 is 22.8 Å². The van der Waals surface area contributed by atoms with Gasteiger partial charge >= 0.3 is 12.1 Å². The molecule has 1 heterocycles. The minimum Gasteiger partial charge on any atom is -0.465 e. The van der Waals surface area contributed by atoms with Gasteiger partial charge in [-0.15, -0.1) is 0 Å². The predicted octanol–water partition coefficient (Wildman–Crippen LogP) is 6.27. The van der Waals surface area contributed by atoms with E-state index in [0.29, 0.717) is 22.3 Å². The van der Waals surface area contributed by atoms with Crippen molar-refractivity contribution in [2.24, 2.45) is 7.05 Å².